The number of hydrogen-bond acceptors (Lipinski definition) is 4. The molecule has 0 saturated heterocycles. The van der Waals surface area contributed by atoms with Crippen molar-refractivity contribution in [2.45, 2.75) is 11.3 Å². The highest BCUT2D eigenvalue weighted by atomic mass is 35.5. The van der Waals surface area contributed by atoms with Crippen LogP contribution in [0.25, 0.3) is 0 Å². The molecule has 0 amide bonds. The Kier molecular flexibility index (Phi) is 5.17. The van der Waals surface area contributed by atoms with Crippen LogP contribution in [0.4, 0.5) is 0 Å². The highest BCUT2D eigenvalue weighted by molar-refractivity contribution is 7.89. The van der Waals surface area contributed by atoms with Gasteiger partial charge in [0.05, 0.1) is 12.0 Å². The second-order valence-corrected chi connectivity index (χ2v) is 6.43. The van der Waals surface area contributed by atoms with Crippen molar-refractivity contribution < 1.29 is 13.2 Å². The average Bonchev–Trinajstić information content (AvgIpc) is 2.47. The van der Waals surface area contributed by atoms with Gasteiger partial charge in [-0.05, 0) is 30.2 Å². The van der Waals surface area contributed by atoms with Crippen LogP contribution in [0.5, 0.6) is 5.75 Å². The summed E-state index contributed by atoms with van der Waals surface area (Å²) in [6.45, 7) is 0.267. The lowest BCUT2D eigenvalue weighted by Gasteiger charge is -2.09. The first-order valence-electron chi connectivity index (χ1n) is 6.26. The van der Waals surface area contributed by atoms with E-state index in [1.165, 1.54) is 18.3 Å². The summed E-state index contributed by atoms with van der Waals surface area (Å²) >= 11 is 5.70. The van der Waals surface area contributed by atoms with Crippen LogP contribution in [-0.4, -0.2) is 27.1 Å². The van der Waals surface area contributed by atoms with Crippen molar-refractivity contribution in [3.05, 3.63) is 53.3 Å². The molecular formula is C14H15ClN2O3S. The molecule has 1 aromatic carbocycles. The Labute approximate surface area is 129 Å². The highest BCUT2D eigenvalue weighted by Crippen LogP contribution is 2.18. The van der Waals surface area contributed by atoms with Crippen LogP contribution in [-0.2, 0) is 16.4 Å². The number of hydrogen-bond donors (Lipinski definition) is 1. The number of methoxy groups -OCH3 is 1. The third-order valence-electron chi connectivity index (χ3n) is 2.89. The first kappa shape index (κ1) is 15.8. The molecule has 0 radical (unpaired) electrons. The van der Waals surface area contributed by atoms with E-state index in [1.807, 2.05) is 24.3 Å². The fraction of sp³-hybridized carbons (Fsp3) is 0.214. The fourth-order valence-corrected chi connectivity index (χ4v) is 3.15. The first-order chi connectivity index (χ1) is 10.0. The maximum atomic E-state index is 12.1. The molecule has 0 aliphatic rings. The summed E-state index contributed by atoms with van der Waals surface area (Å²) in [4.78, 5) is 3.86. The van der Waals surface area contributed by atoms with Gasteiger partial charge in [-0.15, -0.1) is 0 Å². The number of para-hydroxylation sites is 1. The van der Waals surface area contributed by atoms with Crippen molar-refractivity contribution >= 4 is 21.6 Å². The van der Waals surface area contributed by atoms with E-state index in [0.717, 1.165) is 11.3 Å². The van der Waals surface area contributed by atoms with Gasteiger partial charge in [0.2, 0.25) is 10.0 Å². The van der Waals surface area contributed by atoms with Crippen molar-refractivity contribution in [2.24, 2.45) is 0 Å². The lowest BCUT2D eigenvalue weighted by Crippen LogP contribution is -2.26. The molecule has 1 N–H and O–H groups in total. The van der Waals surface area contributed by atoms with Crippen LogP contribution >= 0.6 is 11.6 Å². The minimum Gasteiger partial charge on any atom is -0.496 e. The molecule has 0 aliphatic carbocycles. The van der Waals surface area contributed by atoms with Crippen LogP contribution in [0.15, 0.2) is 47.5 Å². The summed E-state index contributed by atoms with van der Waals surface area (Å²) in [6.07, 6.45) is 1.89. The van der Waals surface area contributed by atoms with Crippen molar-refractivity contribution in [1.82, 2.24) is 9.71 Å². The summed E-state index contributed by atoms with van der Waals surface area (Å²) in [7, 11) is -2.00. The van der Waals surface area contributed by atoms with Gasteiger partial charge in [-0.2, -0.15) is 0 Å². The van der Waals surface area contributed by atoms with Gasteiger partial charge in [0.25, 0.3) is 0 Å². The van der Waals surface area contributed by atoms with Crippen molar-refractivity contribution in [3.8, 4) is 5.75 Å². The standard InChI is InChI=1S/C14H15ClN2O3S/c1-20-13-5-3-2-4-11(13)6-9-17-21(18,19)12-7-8-16-14(15)10-12/h2-5,7-8,10,17H,6,9H2,1H3. The van der Waals surface area contributed by atoms with Crippen LogP contribution in [0.1, 0.15) is 5.56 Å². The highest BCUT2D eigenvalue weighted by Gasteiger charge is 2.14. The van der Waals surface area contributed by atoms with E-state index in [0.29, 0.717) is 6.42 Å². The van der Waals surface area contributed by atoms with Gasteiger partial charge >= 0.3 is 0 Å². The molecule has 0 atom stereocenters. The molecule has 7 heteroatoms. The maximum absolute atomic E-state index is 12.1. The molecule has 0 saturated carbocycles. The summed E-state index contributed by atoms with van der Waals surface area (Å²) in [5.41, 5.74) is 0.940. The van der Waals surface area contributed by atoms with Gasteiger partial charge in [-0.1, -0.05) is 29.8 Å². The van der Waals surface area contributed by atoms with Gasteiger partial charge in [-0.3, -0.25) is 0 Å². The largest absolute Gasteiger partial charge is 0.496 e. The Morgan fingerprint density at radius 3 is 2.76 bits per heavy atom. The van der Waals surface area contributed by atoms with Gasteiger partial charge in [0.15, 0.2) is 0 Å². The van der Waals surface area contributed by atoms with Crippen LogP contribution in [0, 0.1) is 0 Å². The van der Waals surface area contributed by atoms with E-state index >= 15 is 0 Å². The average molecular weight is 327 g/mol. The minimum absolute atomic E-state index is 0.0996. The normalized spacial score (nSPS) is 11.3. The van der Waals surface area contributed by atoms with E-state index in [2.05, 4.69) is 9.71 Å². The zero-order valence-electron chi connectivity index (χ0n) is 11.4. The fourth-order valence-electron chi connectivity index (χ4n) is 1.86. The van der Waals surface area contributed by atoms with E-state index in [9.17, 15) is 8.42 Å². The summed E-state index contributed by atoms with van der Waals surface area (Å²) in [5.74, 6) is 0.739. The molecule has 1 heterocycles. The number of nitrogens with zero attached hydrogens (tertiary/aromatic N) is 1. The number of rotatable bonds is 6. The van der Waals surface area contributed by atoms with Gasteiger partial charge in [0.1, 0.15) is 10.9 Å². The number of sulfonamides is 1. The molecule has 0 fully saturated rings. The van der Waals surface area contributed by atoms with Crippen molar-refractivity contribution in [3.63, 3.8) is 0 Å². The van der Waals surface area contributed by atoms with Gasteiger partial charge < -0.3 is 4.74 Å². The van der Waals surface area contributed by atoms with Crippen LogP contribution in [0.2, 0.25) is 5.15 Å². The quantitative estimate of drug-likeness (QED) is 0.827. The summed E-state index contributed by atoms with van der Waals surface area (Å²) < 4.78 is 32.0. The van der Waals surface area contributed by atoms with E-state index < -0.39 is 10.0 Å². The number of nitrogens with one attached hydrogen (secondary N) is 1. The molecule has 21 heavy (non-hydrogen) atoms. The zero-order valence-corrected chi connectivity index (χ0v) is 13.0. The van der Waals surface area contributed by atoms with E-state index in [-0.39, 0.29) is 16.6 Å². The smallest absolute Gasteiger partial charge is 0.240 e. The third-order valence-corrected chi connectivity index (χ3v) is 4.55. The zero-order chi connectivity index (χ0) is 15.3. The minimum atomic E-state index is -3.59. The second kappa shape index (κ2) is 6.89. The Balaban J connectivity index is 2.03. The molecule has 2 aromatic rings. The predicted molar refractivity (Wildman–Crippen MR) is 81.1 cm³/mol. The lowest BCUT2D eigenvalue weighted by molar-refractivity contribution is 0.409. The number of ether oxygens (including phenoxy) is 1. The van der Waals surface area contributed by atoms with Crippen molar-refractivity contribution in [1.29, 1.82) is 0 Å². The molecule has 0 aliphatic heterocycles. The summed E-state index contributed by atoms with van der Waals surface area (Å²) in [5, 5.41) is 0.141. The molecule has 0 unspecified atom stereocenters. The molecular weight excluding hydrogens is 312 g/mol. The summed E-state index contributed by atoms with van der Waals surface area (Å²) in [6, 6.07) is 10.2. The number of aromatic nitrogens is 1. The molecule has 2 rings (SSSR count). The van der Waals surface area contributed by atoms with Crippen molar-refractivity contribution in [2.75, 3.05) is 13.7 Å². The molecule has 5 nitrogen and oxygen atoms in total. The number of halogens is 1. The molecule has 0 spiro atoms. The number of benzene rings is 1. The maximum Gasteiger partial charge on any atom is 0.240 e. The predicted octanol–water partition coefficient (Wildman–Crippen LogP) is 2.26. The molecule has 0 bridgehead atoms. The number of pyridine rings is 1. The SMILES string of the molecule is COc1ccccc1CCNS(=O)(=O)c1ccnc(Cl)c1. The Hall–Kier alpha value is -1.63. The second-order valence-electron chi connectivity index (χ2n) is 4.27. The Bertz CT molecular complexity index is 720. The van der Waals surface area contributed by atoms with Crippen LogP contribution < -0.4 is 9.46 Å². The van der Waals surface area contributed by atoms with E-state index in [4.69, 9.17) is 16.3 Å². The first-order valence-corrected chi connectivity index (χ1v) is 8.12. The van der Waals surface area contributed by atoms with Crippen LogP contribution in [0.3, 0.4) is 0 Å². The topological polar surface area (TPSA) is 68.3 Å². The van der Waals surface area contributed by atoms with Gasteiger partial charge in [0, 0.05) is 12.7 Å². The molecule has 1 aromatic heterocycles. The Morgan fingerprint density at radius 1 is 1.29 bits per heavy atom. The Morgan fingerprint density at radius 2 is 2.05 bits per heavy atom. The molecule has 112 valence electrons. The van der Waals surface area contributed by atoms with Gasteiger partial charge in [-0.25, -0.2) is 18.1 Å². The lowest BCUT2D eigenvalue weighted by atomic mass is 10.1. The third kappa shape index (κ3) is 4.17. The van der Waals surface area contributed by atoms with E-state index in [1.54, 1.807) is 7.11 Å². The monoisotopic (exact) mass is 326 g/mol.